The van der Waals surface area contributed by atoms with E-state index in [-0.39, 0.29) is 18.3 Å². The van der Waals surface area contributed by atoms with Crippen molar-refractivity contribution in [3.05, 3.63) is 30.0 Å². The summed E-state index contributed by atoms with van der Waals surface area (Å²) in [5, 5.41) is 7.56. The summed E-state index contributed by atoms with van der Waals surface area (Å²) >= 11 is 0. The highest BCUT2D eigenvalue weighted by atomic mass is 16.7. The molecule has 0 saturated carbocycles. The number of hydrogen-bond acceptors (Lipinski definition) is 6. The van der Waals surface area contributed by atoms with Gasteiger partial charge in [0.05, 0.1) is 31.4 Å². The third kappa shape index (κ3) is 3.64. The predicted molar refractivity (Wildman–Crippen MR) is 89.4 cm³/mol. The molecule has 2 heterocycles. The molecule has 1 fully saturated rings. The summed E-state index contributed by atoms with van der Waals surface area (Å²) in [7, 11) is 0. The lowest BCUT2D eigenvalue weighted by atomic mass is 10.2. The molecule has 25 heavy (non-hydrogen) atoms. The fourth-order valence-corrected chi connectivity index (χ4v) is 2.59. The molecule has 1 amide bonds. The summed E-state index contributed by atoms with van der Waals surface area (Å²) in [5.41, 5.74) is 0.678. The van der Waals surface area contributed by atoms with E-state index in [1.54, 1.807) is 31.2 Å². The zero-order chi connectivity index (χ0) is 18.0. The van der Waals surface area contributed by atoms with Crippen LogP contribution in [0.1, 0.15) is 31.3 Å². The Kier molecular flexibility index (Phi) is 4.73. The van der Waals surface area contributed by atoms with Crippen molar-refractivity contribution >= 4 is 22.9 Å². The van der Waals surface area contributed by atoms with Crippen LogP contribution in [0.4, 0.5) is 4.79 Å². The average molecular weight is 347 g/mol. The molecule has 1 aliphatic rings. The Labute approximate surface area is 145 Å². The van der Waals surface area contributed by atoms with Gasteiger partial charge in [-0.25, -0.2) is 4.79 Å². The molecule has 134 valence electrons. The Morgan fingerprint density at radius 2 is 2.00 bits per heavy atom. The topological polar surface area (TPSA) is 91.7 Å². The van der Waals surface area contributed by atoms with Crippen molar-refractivity contribution in [1.29, 1.82) is 0 Å². The molecule has 0 radical (unpaired) electrons. The van der Waals surface area contributed by atoms with Crippen LogP contribution in [0.5, 0.6) is 0 Å². The quantitative estimate of drug-likeness (QED) is 0.912. The zero-order valence-electron chi connectivity index (χ0n) is 14.4. The lowest BCUT2D eigenvalue weighted by molar-refractivity contribution is -0.251. The van der Waals surface area contributed by atoms with Crippen LogP contribution in [0.15, 0.2) is 24.3 Å². The fraction of sp³-hybridized carbons (Fsp3) is 0.471. The van der Waals surface area contributed by atoms with Gasteiger partial charge in [-0.15, -0.1) is 0 Å². The van der Waals surface area contributed by atoms with E-state index in [1.807, 2.05) is 13.8 Å². The van der Waals surface area contributed by atoms with E-state index in [9.17, 15) is 9.59 Å². The van der Waals surface area contributed by atoms with E-state index in [0.717, 1.165) is 4.68 Å². The van der Waals surface area contributed by atoms with Crippen molar-refractivity contribution in [2.75, 3.05) is 19.8 Å². The molecule has 1 saturated heterocycles. The molecule has 8 nitrogen and oxygen atoms in total. The Morgan fingerprint density at radius 1 is 1.32 bits per heavy atom. The highest BCUT2D eigenvalue weighted by Gasteiger charge is 2.30. The molecule has 2 aromatic rings. The molecular weight excluding hydrogens is 326 g/mol. The number of ether oxygens (including phenoxy) is 3. The average Bonchev–Trinajstić information content (AvgIpc) is 2.97. The summed E-state index contributed by atoms with van der Waals surface area (Å²) in [5.74, 6) is -1.05. The lowest BCUT2D eigenvalue weighted by Gasteiger charge is -2.35. The minimum Gasteiger partial charge on any atom is -0.448 e. The van der Waals surface area contributed by atoms with Gasteiger partial charge in [-0.2, -0.15) is 9.78 Å². The summed E-state index contributed by atoms with van der Waals surface area (Å²) in [4.78, 5) is 24.7. The van der Waals surface area contributed by atoms with Crippen LogP contribution in [-0.2, 0) is 14.2 Å². The molecule has 1 aliphatic heterocycles. The largest absolute Gasteiger partial charge is 0.448 e. The van der Waals surface area contributed by atoms with Gasteiger partial charge in [0.25, 0.3) is 5.91 Å². The van der Waals surface area contributed by atoms with Crippen molar-refractivity contribution in [2.45, 2.75) is 32.6 Å². The summed E-state index contributed by atoms with van der Waals surface area (Å²) in [6, 6.07) is 6.72. The van der Waals surface area contributed by atoms with Gasteiger partial charge in [-0.05, 0) is 26.8 Å². The number of fused-ring (bicyclic) bond motifs is 1. The van der Waals surface area contributed by atoms with E-state index >= 15 is 0 Å². The molecule has 0 unspecified atom stereocenters. The first-order chi connectivity index (χ1) is 11.9. The second-order valence-electron chi connectivity index (χ2n) is 6.17. The SMILES string of the molecule is CCOC(=O)n1nc(C(=O)NC2COC(C)(C)OC2)c2ccccc21. The van der Waals surface area contributed by atoms with Gasteiger partial charge in [0.1, 0.15) is 0 Å². The minimum atomic E-state index is -0.653. The number of aromatic nitrogens is 2. The van der Waals surface area contributed by atoms with Crippen molar-refractivity contribution in [3.8, 4) is 0 Å². The number of hydrogen-bond donors (Lipinski definition) is 1. The van der Waals surface area contributed by atoms with Gasteiger partial charge in [-0.3, -0.25) is 4.79 Å². The Morgan fingerprint density at radius 3 is 2.68 bits per heavy atom. The molecular formula is C17H21N3O5. The molecule has 0 aliphatic carbocycles. The summed E-state index contributed by atoms with van der Waals surface area (Å²) in [6.45, 7) is 6.26. The molecule has 1 aromatic heterocycles. The van der Waals surface area contributed by atoms with Crippen LogP contribution in [0, 0.1) is 0 Å². The highest BCUT2D eigenvalue weighted by molar-refractivity contribution is 6.06. The molecule has 0 spiro atoms. The Hall–Kier alpha value is -2.45. The van der Waals surface area contributed by atoms with Crippen LogP contribution < -0.4 is 5.32 Å². The second-order valence-corrected chi connectivity index (χ2v) is 6.17. The van der Waals surface area contributed by atoms with Crippen molar-refractivity contribution < 1.29 is 23.8 Å². The lowest BCUT2D eigenvalue weighted by Crippen LogP contribution is -2.50. The van der Waals surface area contributed by atoms with E-state index in [2.05, 4.69) is 10.4 Å². The maximum Gasteiger partial charge on any atom is 0.435 e. The monoisotopic (exact) mass is 347 g/mol. The van der Waals surface area contributed by atoms with Crippen molar-refractivity contribution in [1.82, 2.24) is 15.1 Å². The third-order valence-electron chi connectivity index (χ3n) is 3.84. The van der Waals surface area contributed by atoms with Crippen molar-refractivity contribution in [2.24, 2.45) is 0 Å². The number of carbonyl (C=O) groups excluding carboxylic acids is 2. The summed E-state index contributed by atoms with van der Waals surface area (Å²) in [6.07, 6.45) is -0.621. The number of benzene rings is 1. The number of rotatable bonds is 3. The second kappa shape index (κ2) is 6.81. The molecule has 3 rings (SSSR count). The zero-order valence-corrected chi connectivity index (χ0v) is 14.4. The Bertz CT molecular complexity index is 789. The van der Waals surface area contributed by atoms with E-state index in [4.69, 9.17) is 14.2 Å². The van der Waals surface area contributed by atoms with Crippen LogP contribution >= 0.6 is 0 Å². The van der Waals surface area contributed by atoms with E-state index in [0.29, 0.717) is 24.1 Å². The standard InChI is InChI=1S/C17H21N3O5/c1-4-23-16(22)20-13-8-6-5-7-12(13)14(19-20)15(21)18-11-9-24-17(2,3)25-10-11/h5-8,11H,4,9-10H2,1-3H3,(H,18,21). The number of carbonyl (C=O) groups is 2. The minimum absolute atomic E-state index is 0.161. The van der Waals surface area contributed by atoms with Gasteiger partial charge in [-0.1, -0.05) is 18.2 Å². The Balaban J connectivity index is 1.83. The number of para-hydroxylation sites is 1. The molecule has 0 atom stereocenters. The van der Waals surface area contributed by atoms with Crippen molar-refractivity contribution in [3.63, 3.8) is 0 Å². The van der Waals surface area contributed by atoms with Gasteiger partial charge in [0, 0.05) is 5.39 Å². The van der Waals surface area contributed by atoms with Gasteiger partial charge in [0.2, 0.25) is 0 Å². The first kappa shape index (κ1) is 17.4. The number of nitrogens with zero attached hydrogens (tertiary/aromatic N) is 2. The van der Waals surface area contributed by atoms with Crippen LogP contribution in [-0.4, -0.2) is 53.4 Å². The highest BCUT2D eigenvalue weighted by Crippen LogP contribution is 2.20. The van der Waals surface area contributed by atoms with Crippen LogP contribution in [0.2, 0.25) is 0 Å². The summed E-state index contributed by atoms with van der Waals surface area (Å²) < 4.78 is 17.2. The van der Waals surface area contributed by atoms with E-state index in [1.165, 1.54) is 0 Å². The van der Waals surface area contributed by atoms with Gasteiger partial charge >= 0.3 is 6.09 Å². The maximum absolute atomic E-state index is 12.6. The first-order valence-electron chi connectivity index (χ1n) is 8.15. The molecule has 0 bridgehead atoms. The smallest absolute Gasteiger partial charge is 0.435 e. The van der Waals surface area contributed by atoms with Gasteiger partial charge in [0.15, 0.2) is 11.5 Å². The van der Waals surface area contributed by atoms with Gasteiger partial charge < -0.3 is 19.5 Å². The predicted octanol–water partition coefficient (Wildman–Crippen LogP) is 1.92. The number of nitrogens with one attached hydrogen (secondary N) is 1. The normalized spacial score (nSPS) is 17.4. The molecule has 8 heteroatoms. The fourth-order valence-electron chi connectivity index (χ4n) is 2.59. The number of amides is 1. The van der Waals surface area contributed by atoms with E-state index < -0.39 is 17.8 Å². The molecule has 1 N–H and O–H groups in total. The van der Waals surface area contributed by atoms with Crippen LogP contribution in [0.3, 0.4) is 0 Å². The first-order valence-corrected chi connectivity index (χ1v) is 8.15. The molecule has 1 aromatic carbocycles. The third-order valence-corrected chi connectivity index (χ3v) is 3.84. The van der Waals surface area contributed by atoms with Crippen LogP contribution in [0.25, 0.3) is 10.9 Å². The maximum atomic E-state index is 12.6.